The molecule has 0 bridgehead atoms. The van der Waals surface area contributed by atoms with Crippen LogP contribution in [0.15, 0.2) is 30.3 Å². The minimum atomic E-state index is -5.69. The van der Waals surface area contributed by atoms with Crippen LogP contribution in [-0.2, 0) is 11.3 Å². The Labute approximate surface area is 142 Å². The van der Waals surface area contributed by atoms with Gasteiger partial charge in [-0.05, 0) is 25.8 Å². The van der Waals surface area contributed by atoms with Crippen LogP contribution in [-0.4, -0.2) is 34.9 Å². The maximum Gasteiger partial charge on any atom is 0.453 e. The van der Waals surface area contributed by atoms with E-state index in [9.17, 15) is 31.9 Å². The molecule has 0 saturated carbocycles. The SMILES string of the molecule is CC(C)(O)C(CCC(F)(F)C(F)(F)F)NC(=O)OCc1ccccc1. The molecule has 1 aromatic carbocycles. The van der Waals surface area contributed by atoms with Gasteiger partial charge in [-0.15, -0.1) is 0 Å². The first-order valence-corrected chi connectivity index (χ1v) is 7.47. The summed E-state index contributed by atoms with van der Waals surface area (Å²) in [4.78, 5) is 11.7. The number of carbonyl (C=O) groups excluding carboxylic acids is 1. The maximum absolute atomic E-state index is 13.0. The molecule has 1 atom stereocenters. The molecule has 1 amide bonds. The highest BCUT2D eigenvalue weighted by Gasteiger charge is 2.57. The monoisotopic (exact) mass is 369 g/mol. The van der Waals surface area contributed by atoms with Crippen LogP contribution in [0.4, 0.5) is 26.7 Å². The van der Waals surface area contributed by atoms with Crippen molar-refractivity contribution in [3.8, 4) is 0 Å². The Morgan fingerprint density at radius 3 is 2.20 bits per heavy atom. The number of aliphatic hydroxyl groups is 1. The van der Waals surface area contributed by atoms with E-state index >= 15 is 0 Å². The molecule has 0 radical (unpaired) electrons. The molecule has 2 N–H and O–H groups in total. The van der Waals surface area contributed by atoms with E-state index in [4.69, 9.17) is 4.74 Å². The first kappa shape index (κ1) is 21.1. The lowest BCUT2D eigenvalue weighted by molar-refractivity contribution is -0.285. The molecule has 0 fully saturated rings. The van der Waals surface area contributed by atoms with E-state index in [1.54, 1.807) is 30.3 Å². The van der Waals surface area contributed by atoms with Gasteiger partial charge in [-0.3, -0.25) is 0 Å². The maximum atomic E-state index is 13.0. The Morgan fingerprint density at radius 2 is 1.72 bits per heavy atom. The van der Waals surface area contributed by atoms with Crippen LogP contribution in [0, 0.1) is 0 Å². The van der Waals surface area contributed by atoms with Gasteiger partial charge in [0.25, 0.3) is 0 Å². The third-order valence-corrected chi connectivity index (χ3v) is 3.52. The fourth-order valence-electron chi connectivity index (χ4n) is 1.98. The van der Waals surface area contributed by atoms with Gasteiger partial charge < -0.3 is 15.2 Å². The Morgan fingerprint density at radius 1 is 1.16 bits per heavy atom. The van der Waals surface area contributed by atoms with Crippen LogP contribution >= 0.6 is 0 Å². The number of amides is 1. The second kappa shape index (κ2) is 7.99. The van der Waals surface area contributed by atoms with E-state index in [1.165, 1.54) is 13.8 Å². The minimum Gasteiger partial charge on any atom is -0.445 e. The Hall–Kier alpha value is -1.90. The number of hydrogen-bond donors (Lipinski definition) is 2. The van der Waals surface area contributed by atoms with Gasteiger partial charge in [0.15, 0.2) is 0 Å². The quantitative estimate of drug-likeness (QED) is 0.714. The summed E-state index contributed by atoms with van der Waals surface area (Å²) in [6.45, 7) is 2.28. The van der Waals surface area contributed by atoms with Gasteiger partial charge in [-0.25, -0.2) is 4.79 Å². The average Bonchev–Trinajstić information content (AvgIpc) is 2.48. The molecule has 0 spiro atoms. The minimum absolute atomic E-state index is 0.107. The number of benzene rings is 1. The largest absolute Gasteiger partial charge is 0.453 e. The smallest absolute Gasteiger partial charge is 0.445 e. The van der Waals surface area contributed by atoms with Crippen molar-refractivity contribution in [3.05, 3.63) is 35.9 Å². The number of carbonyl (C=O) groups is 1. The third-order valence-electron chi connectivity index (χ3n) is 3.52. The predicted octanol–water partition coefficient (Wildman–Crippen LogP) is 4.03. The molecule has 142 valence electrons. The standard InChI is InChI=1S/C16H20F5NO3/c1-14(2,24)12(8-9-15(17,18)16(19,20)21)22-13(23)25-10-11-6-4-3-5-7-11/h3-7,12,24H,8-10H2,1-2H3,(H,22,23). The second-order valence-corrected chi connectivity index (χ2v) is 6.15. The second-order valence-electron chi connectivity index (χ2n) is 6.15. The van der Waals surface area contributed by atoms with Crippen LogP contribution in [0.1, 0.15) is 32.3 Å². The Balaban J connectivity index is 2.63. The molecule has 9 heteroatoms. The molecule has 0 saturated heterocycles. The van der Waals surface area contributed by atoms with E-state index in [0.29, 0.717) is 5.56 Å². The number of alkyl carbamates (subject to hydrolysis) is 1. The predicted molar refractivity (Wildman–Crippen MR) is 80.1 cm³/mol. The molecular formula is C16H20F5NO3. The zero-order valence-corrected chi connectivity index (χ0v) is 13.7. The van der Waals surface area contributed by atoms with Gasteiger partial charge in [0.2, 0.25) is 0 Å². The number of hydrogen-bond acceptors (Lipinski definition) is 3. The topological polar surface area (TPSA) is 58.6 Å². The van der Waals surface area contributed by atoms with Crippen LogP contribution in [0.5, 0.6) is 0 Å². The molecule has 0 aliphatic rings. The van der Waals surface area contributed by atoms with Crippen molar-refractivity contribution in [2.45, 2.75) is 57.0 Å². The number of ether oxygens (including phenoxy) is 1. The first-order chi connectivity index (χ1) is 11.3. The van der Waals surface area contributed by atoms with Crippen LogP contribution in [0.2, 0.25) is 0 Å². The highest BCUT2D eigenvalue weighted by molar-refractivity contribution is 5.67. The molecule has 0 heterocycles. The molecule has 1 unspecified atom stereocenters. The Bertz CT molecular complexity index is 555. The first-order valence-electron chi connectivity index (χ1n) is 7.47. The van der Waals surface area contributed by atoms with Crippen molar-refractivity contribution < 1.29 is 36.6 Å². The number of alkyl halides is 5. The zero-order valence-electron chi connectivity index (χ0n) is 13.7. The van der Waals surface area contributed by atoms with Crippen LogP contribution in [0.25, 0.3) is 0 Å². The number of nitrogens with one attached hydrogen (secondary N) is 1. The van der Waals surface area contributed by atoms with Crippen LogP contribution in [0.3, 0.4) is 0 Å². The fraction of sp³-hybridized carbons (Fsp3) is 0.562. The summed E-state index contributed by atoms with van der Waals surface area (Å²) in [6, 6.07) is 7.22. The molecule has 1 rings (SSSR count). The molecule has 0 aliphatic carbocycles. The summed E-state index contributed by atoms with van der Waals surface area (Å²) < 4.78 is 67.6. The molecule has 1 aromatic rings. The summed E-state index contributed by atoms with van der Waals surface area (Å²) >= 11 is 0. The molecule has 4 nitrogen and oxygen atoms in total. The van der Waals surface area contributed by atoms with Gasteiger partial charge in [0, 0.05) is 6.42 Å². The summed E-state index contributed by atoms with van der Waals surface area (Å²) in [7, 11) is 0. The van der Waals surface area contributed by atoms with Crippen molar-refractivity contribution in [1.29, 1.82) is 0 Å². The van der Waals surface area contributed by atoms with E-state index in [1.807, 2.05) is 0 Å². The lowest BCUT2D eigenvalue weighted by Gasteiger charge is -2.31. The van der Waals surface area contributed by atoms with Crippen LogP contribution < -0.4 is 5.32 Å². The summed E-state index contributed by atoms with van der Waals surface area (Å²) in [6.07, 6.45) is -9.06. The summed E-state index contributed by atoms with van der Waals surface area (Å²) in [5.41, 5.74) is -1.05. The lowest BCUT2D eigenvalue weighted by Crippen LogP contribution is -2.50. The highest BCUT2D eigenvalue weighted by Crippen LogP contribution is 2.39. The summed E-state index contributed by atoms with van der Waals surface area (Å²) in [5.74, 6) is -4.91. The number of rotatable bonds is 7. The average molecular weight is 369 g/mol. The van der Waals surface area contributed by atoms with Gasteiger partial charge in [0.05, 0.1) is 11.6 Å². The fourth-order valence-corrected chi connectivity index (χ4v) is 1.98. The van der Waals surface area contributed by atoms with Gasteiger partial charge in [-0.2, -0.15) is 22.0 Å². The van der Waals surface area contributed by atoms with Gasteiger partial charge in [0.1, 0.15) is 6.61 Å². The van der Waals surface area contributed by atoms with E-state index < -0.39 is 42.7 Å². The number of halogens is 5. The zero-order chi connectivity index (χ0) is 19.3. The van der Waals surface area contributed by atoms with Crippen molar-refractivity contribution in [2.24, 2.45) is 0 Å². The van der Waals surface area contributed by atoms with E-state index in [0.717, 1.165) is 0 Å². The van der Waals surface area contributed by atoms with E-state index in [2.05, 4.69) is 5.32 Å². The highest BCUT2D eigenvalue weighted by atomic mass is 19.4. The third kappa shape index (κ3) is 6.85. The lowest BCUT2D eigenvalue weighted by atomic mass is 9.93. The Kier molecular flexibility index (Phi) is 6.75. The van der Waals surface area contributed by atoms with Crippen molar-refractivity contribution in [3.63, 3.8) is 0 Å². The van der Waals surface area contributed by atoms with Crippen molar-refractivity contribution >= 4 is 6.09 Å². The molecule has 0 aromatic heterocycles. The van der Waals surface area contributed by atoms with E-state index in [-0.39, 0.29) is 6.61 Å². The molecular weight excluding hydrogens is 349 g/mol. The summed E-state index contributed by atoms with van der Waals surface area (Å²) in [5, 5.41) is 12.1. The van der Waals surface area contributed by atoms with Crippen molar-refractivity contribution in [1.82, 2.24) is 5.32 Å². The normalized spacial score (nSPS) is 14.1. The van der Waals surface area contributed by atoms with Crippen molar-refractivity contribution in [2.75, 3.05) is 0 Å². The molecule has 25 heavy (non-hydrogen) atoms. The van der Waals surface area contributed by atoms with Gasteiger partial charge >= 0.3 is 18.2 Å². The van der Waals surface area contributed by atoms with Gasteiger partial charge in [-0.1, -0.05) is 30.3 Å². The molecule has 0 aliphatic heterocycles.